The maximum Gasteiger partial charge on any atom is 0.127 e. The topological polar surface area (TPSA) is 32.7 Å². The first-order valence-electron chi connectivity index (χ1n) is 9.72. The maximum atomic E-state index is 14.0. The van der Waals surface area contributed by atoms with Gasteiger partial charge in [0.2, 0.25) is 0 Å². The Hall–Kier alpha value is -2.76. The van der Waals surface area contributed by atoms with Crippen LogP contribution in [-0.4, -0.2) is 23.2 Å². The molecule has 0 fully saturated rings. The molecule has 4 rings (SSSR count). The van der Waals surface area contributed by atoms with E-state index in [9.17, 15) is 13.9 Å². The molecule has 1 atom stereocenters. The van der Waals surface area contributed by atoms with Gasteiger partial charge in [0.05, 0.1) is 6.10 Å². The van der Waals surface area contributed by atoms with E-state index in [0.29, 0.717) is 38.2 Å². The predicted octanol–water partition coefficient (Wildman–Crippen LogP) is 4.64. The minimum absolute atomic E-state index is 0.295. The van der Waals surface area contributed by atoms with Crippen LogP contribution in [-0.2, 0) is 19.5 Å². The predicted molar refractivity (Wildman–Crippen MR) is 108 cm³/mol. The molecule has 150 valence electrons. The van der Waals surface area contributed by atoms with E-state index >= 15 is 0 Å². The molecular weight excluding hydrogens is 372 g/mol. The van der Waals surface area contributed by atoms with Crippen LogP contribution in [0, 0.1) is 11.6 Å². The fourth-order valence-corrected chi connectivity index (χ4v) is 3.67. The fraction of sp³-hybridized carbons (Fsp3) is 0.250. The van der Waals surface area contributed by atoms with Gasteiger partial charge in [-0.25, -0.2) is 8.78 Å². The lowest BCUT2D eigenvalue weighted by Crippen LogP contribution is -2.25. The highest BCUT2D eigenvalue weighted by atomic mass is 19.1. The Bertz CT molecular complexity index is 978. The van der Waals surface area contributed by atoms with Crippen LogP contribution in [0.25, 0.3) is 0 Å². The third kappa shape index (κ3) is 4.81. The number of aliphatic hydroxyl groups excluding tert-OH is 1. The first-order valence-corrected chi connectivity index (χ1v) is 9.72. The molecule has 0 saturated carbocycles. The summed E-state index contributed by atoms with van der Waals surface area (Å²) in [6.07, 6.45) is -0.0984. The first kappa shape index (κ1) is 19.6. The van der Waals surface area contributed by atoms with Crippen molar-refractivity contribution in [2.45, 2.75) is 25.6 Å². The highest BCUT2D eigenvalue weighted by Gasteiger charge is 2.19. The lowest BCUT2D eigenvalue weighted by molar-refractivity contribution is 0.178. The van der Waals surface area contributed by atoms with Gasteiger partial charge >= 0.3 is 0 Å². The summed E-state index contributed by atoms with van der Waals surface area (Å²) in [5.74, 6) is -0.0918. The van der Waals surface area contributed by atoms with Gasteiger partial charge in [0.25, 0.3) is 0 Å². The van der Waals surface area contributed by atoms with E-state index in [2.05, 4.69) is 0 Å². The summed E-state index contributed by atoms with van der Waals surface area (Å²) in [7, 11) is 0. The fourth-order valence-electron chi connectivity index (χ4n) is 3.67. The van der Waals surface area contributed by atoms with Gasteiger partial charge in [0.1, 0.15) is 24.0 Å². The second-order valence-electron chi connectivity index (χ2n) is 7.37. The van der Waals surface area contributed by atoms with Gasteiger partial charge < -0.3 is 9.84 Å². The third-order valence-corrected chi connectivity index (χ3v) is 5.20. The number of fused-ring (bicyclic) bond motifs is 1. The number of nitrogens with zero attached hydrogens (tertiary/aromatic N) is 1. The summed E-state index contributed by atoms with van der Waals surface area (Å²) in [4.78, 5) is 2.02. The smallest absolute Gasteiger partial charge is 0.127 e. The van der Waals surface area contributed by atoms with Gasteiger partial charge in [0.15, 0.2) is 0 Å². The number of hydrogen-bond donors (Lipinski definition) is 1. The molecule has 0 bridgehead atoms. The Labute approximate surface area is 169 Å². The summed E-state index contributed by atoms with van der Waals surface area (Å²) < 4.78 is 33.4. The Morgan fingerprint density at radius 2 is 1.83 bits per heavy atom. The molecule has 1 aliphatic rings. The quantitative estimate of drug-likeness (QED) is 0.683. The summed E-state index contributed by atoms with van der Waals surface area (Å²) in [6.45, 7) is 1.91. The molecule has 3 nitrogen and oxygen atoms in total. The molecule has 0 saturated heterocycles. The van der Waals surface area contributed by atoms with Crippen molar-refractivity contribution in [3.05, 3.63) is 101 Å². The van der Waals surface area contributed by atoms with Crippen molar-refractivity contribution in [2.24, 2.45) is 0 Å². The molecule has 3 aromatic carbocycles. The minimum atomic E-state index is -0.625. The molecule has 0 amide bonds. The van der Waals surface area contributed by atoms with Crippen LogP contribution >= 0.6 is 0 Å². The molecule has 1 N–H and O–H groups in total. The molecule has 0 aromatic heterocycles. The molecule has 3 aromatic rings. The molecule has 0 radical (unpaired) electrons. The molecule has 5 heteroatoms. The lowest BCUT2D eigenvalue weighted by atomic mass is 9.99. The number of benzene rings is 3. The summed E-state index contributed by atoms with van der Waals surface area (Å²) in [5.41, 5.74) is 3.14. The normalized spacial score (nSPS) is 15.3. The van der Waals surface area contributed by atoms with Gasteiger partial charge in [-0.2, -0.15) is 0 Å². The molecular formula is C24H23F2NO2. The van der Waals surface area contributed by atoms with Crippen molar-refractivity contribution in [1.82, 2.24) is 4.90 Å². The summed E-state index contributed by atoms with van der Waals surface area (Å²) in [6, 6.07) is 19.1. The van der Waals surface area contributed by atoms with E-state index in [1.54, 1.807) is 0 Å². The van der Waals surface area contributed by atoms with Crippen LogP contribution < -0.4 is 4.74 Å². The molecule has 1 aliphatic heterocycles. The van der Waals surface area contributed by atoms with E-state index < -0.39 is 17.7 Å². The number of rotatable bonds is 5. The first-order chi connectivity index (χ1) is 14.1. The molecule has 0 aliphatic carbocycles. The standard InChI is InChI=1S/C24H23F2NO2/c25-21-7-8-22(26)19(14-21)15-27-10-11-29-24-9-6-18(13-20(24)16-27)23(28)12-17-4-2-1-3-5-17/h1-9,13-14,23,28H,10-12,15-16H2/t23-/m1/s1. The van der Waals surface area contributed by atoms with Crippen LogP contribution in [0.3, 0.4) is 0 Å². The largest absolute Gasteiger partial charge is 0.492 e. The summed E-state index contributed by atoms with van der Waals surface area (Å²) in [5, 5.41) is 10.7. The third-order valence-electron chi connectivity index (χ3n) is 5.20. The van der Waals surface area contributed by atoms with E-state index in [1.165, 1.54) is 6.07 Å². The molecule has 0 spiro atoms. The maximum absolute atomic E-state index is 14.0. The Balaban J connectivity index is 1.51. The van der Waals surface area contributed by atoms with E-state index in [0.717, 1.165) is 34.6 Å². The second-order valence-corrected chi connectivity index (χ2v) is 7.37. The number of hydrogen-bond acceptors (Lipinski definition) is 3. The highest BCUT2D eigenvalue weighted by molar-refractivity contribution is 5.39. The Morgan fingerprint density at radius 1 is 1.00 bits per heavy atom. The average Bonchev–Trinajstić information content (AvgIpc) is 2.92. The monoisotopic (exact) mass is 395 g/mol. The zero-order chi connectivity index (χ0) is 20.2. The van der Waals surface area contributed by atoms with Gasteiger partial charge in [-0.1, -0.05) is 36.4 Å². The van der Waals surface area contributed by atoms with Crippen LogP contribution in [0.5, 0.6) is 5.75 Å². The van der Waals surface area contributed by atoms with Gasteiger partial charge in [0, 0.05) is 37.2 Å². The van der Waals surface area contributed by atoms with E-state index in [1.807, 2.05) is 53.4 Å². The van der Waals surface area contributed by atoms with Crippen molar-refractivity contribution in [3.63, 3.8) is 0 Å². The van der Waals surface area contributed by atoms with Crippen LogP contribution in [0.1, 0.15) is 28.4 Å². The SMILES string of the molecule is O[C@H](Cc1ccccc1)c1ccc2c(c1)CN(Cc1cc(F)ccc1F)CCO2. The van der Waals surface area contributed by atoms with Crippen LogP contribution in [0.4, 0.5) is 8.78 Å². The van der Waals surface area contributed by atoms with Gasteiger partial charge in [-0.05, 0) is 41.5 Å². The number of aliphatic hydroxyl groups is 1. The molecule has 0 unspecified atom stereocenters. The van der Waals surface area contributed by atoms with Crippen molar-refractivity contribution in [2.75, 3.05) is 13.2 Å². The van der Waals surface area contributed by atoms with Gasteiger partial charge in [-0.15, -0.1) is 0 Å². The summed E-state index contributed by atoms with van der Waals surface area (Å²) >= 11 is 0. The lowest BCUT2D eigenvalue weighted by Gasteiger charge is -2.20. The van der Waals surface area contributed by atoms with Gasteiger partial charge in [-0.3, -0.25) is 4.90 Å². The van der Waals surface area contributed by atoms with E-state index in [-0.39, 0.29) is 0 Å². The Morgan fingerprint density at radius 3 is 2.66 bits per heavy atom. The zero-order valence-electron chi connectivity index (χ0n) is 16.0. The number of halogens is 2. The van der Waals surface area contributed by atoms with Crippen molar-refractivity contribution >= 4 is 0 Å². The van der Waals surface area contributed by atoms with Crippen LogP contribution in [0.15, 0.2) is 66.7 Å². The Kier molecular flexibility index (Phi) is 5.88. The molecule has 1 heterocycles. The van der Waals surface area contributed by atoms with Crippen LogP contribution in [0.2, 0.25) is 0 Å². The molecule has 29 heavy (non-hydrogen) atoms. The minimum Gasteiger partial charge on any atom is -0.492 e. The highest BCUT2D eigenvalue weighted by Crippen LogP contribution is 2.29. The van der Waals surface area contributed by atoms with Crippen molar-refractivity contribution in [3.8, 4) is 5.75 Å². The number of ether oxygens (including phenoxy) is 1. The average molecular weight is 395 g/mol. The second kappa shape index (κ2) is 8.72. The zero-order valence-corrected chi connectivity index (χ0v) is 16.0. The van der Waals surface area contributed by atoms with Crippen molar-refractivity contribution in [1.29, 1.82) is 0 Å². The van der Waals surface area contributed by atoms with Crippen molar-refractivity contribution < 1.29 is 18.6 Å². The van der Waals surface area contributed by atoms with E-state index in [4.69, 9.17) is 4.74 Å².